The first-order chi connectivity index (χ1) is 24.1. The summed E-state index contributed by atoms with van der Waals surface area (Å²) in [6.07, 6.45) is 0. The highest BCUT2D eigenvalue weighted by Crippen LogP contribution is 2.57. The van der Waals surface area contributed by atoms with E-state index in [1.165, 1.54) is 55.2 Å². The van der Waals surface area contributed by atoms with Crippen molar-refractivity contribution in [1.29, 1.82) is 0 Å². The van der Waals surface area contributed by atoms with Gasteiger partial charge in [0.1, 0.15) is 0 Å². The average Bonchev–Trinajstić information content (AvgIpc) is 3.16. The number of rotatable bonds is 5. The third kappa shape index (κ3) is 4.71. The minimum Gasteiger partial charge on any atom is -0.308 e. The van der Waals surface area contributed by atoms with Gasteiger partial charge in [0.2, 0.25) is 0 Å². The summed E-state index contributed by atoms with van der Waals surface area (Å²) in [6, 6.07) is 66.2. The highest BCUT2D eigenvalue weighted by molar-refractivity contribution is 6.09. The van der Waals surface area contributed by atoms with Gasteiger partial charge in [-0.15, -0.1) is 0 Å². The summed E-state index contributed by atoms with van der Waals surface area (Å²) >= 11 is 0. The van der Waals surface area contributed by atoms with E-state index in [2.05, 4.69) is 206 Å². The lowest BCUT2D eigenvalue weighted by molar-refractivity contribution is 0.632. The van der Waals surface area contributed by atoms with Crippen LogP contribution in [0.4, 0.5) is 34.1 Å². The minimum atomic E-state index is -0.205. The molecule has 2 nitrogen and oxygen atoms in total. The Kier molecular flexibility index (Phi) is 6.84. The molecule has 0 atom stereocenters. The monoisotopic (exact) mass is 628 g/mol. The fraction of sp³-hybridized carbons (Fsp3) is 0.0638. The highest BCUT2D eigenvalue weighted by Gasteiger charge is 2.38. The summed E-state index contributed by atoms with van der Waals surface area (Å²) < 4.78 is 0. The van der Waals surface area contributed by atoms with Gasteiger partial charge in [0.05, 0.1) is 22.7 Å². The van der Waals surface area contributed by atoms with Crippen LogP contribution in [0.2, 0.25) is 0 Å². The Morgan fingerprint density at radius 2 is 1.02 bits per heavy atom. The van der Waals surface area contributed by atoms with Gasteiger partial charge in [-0.25, -0.2) is 0 Å². The van der Waals surface area contributed by atoms with Crippen LogP contribution in [0.15, 0.2) is 182 Å². The van der Waals surface area contributed by atoms with Crippen molar-refractivity contribution in [1.82, 2.24) is 0 Å². The molecule has 0 fully saturated rings. The molecule has 0 radical (unpaired) electrons. The van der Waals surface area contributed by atoms with Crippen LogP contribution in [0.25, 0.3) is 32.7 Å². The number of nitrogens with zero attached hydrogens (tertiary/aromatic N) is 2. The summed E-state index contributed by atoms with van der Waals surface area (Å²) in [7, 11) is 0. The molecule has 0 unspecified atom stereocenters. The van der Waals surface area contributed by atoms with Crippen LogP contribution >= 0.6 is 0 Å². The summed E-state index contributed by atoms with van der Waals surface area (Å²) in [5.41, 5.74) is 11.8. The largest absolute Gasteiger partial charge is 0.308 e. The zero-order valence-corrected chi connectivity index (χ0v) is 27.7. The Morgan fingerprint density at radius 1 is 0.449 bits per heavy atom. The molecule has 0 saturated heterocycles. The maximum absolute atomic E-state index is 2.54. The first-order valence-electron chi connectivity index (χ1n) is 17.0. The number of para-hydroxylation sites is 3. The Hall–Kier alpha value is -6.12. The number of hydrogen-bond acceptors (Lipinski definition) is 2. The van der Waals surface area contributed by atoms with Crippen molar-refractivity contribution < 1.29 is 0 Å². The van der Waals surface area contributed by atoms with E-state index in [9.17, 15) is 0 Å². The van der Waals surface area contributed by atoms with Gasteiger partial charge in [-0.1, -0.05) is 153 Å². The zero-order valence-electron chi connectivity index (χ0n) is 27.7. The molecule has 0 aliphatic carbocycles. The van der Waals surface area contributed by atoms with Gasteiger partial charge in [-0.05, 0) is 80.9 Å². The van der Waals surface area contributed by atoms with Crippen LogP contribution in [-0.2, 0) is 5.41 Å². The number of benzene rings is 8. The van der Waals surface area contributed by atoms with Crippen molar-refractivity contribution in [2.75, 3.05) is 9.80 Å². The van der Waals surface area contributed by atoms with Crippen molar-refractivity contribution in [2.24, 2.45) is 0 Å². The van der Waals surface area contributed by atoms with E-state index in [1.54, 1.807) is 0 Å². The standard InChI is InChI=1S/C47H36N2/c1-47(2)41-26-13-14-27-43(41)49(45-32-35(28-30-42(45)47)39-25-15-18-33-16-9-11-23-38(33)39)46-40-24-12-10-17-34(40)29-31-44(46)48(36-19-5-3-6-20-36)37-21-7-4-8-22-37/h3-32H,1-2H3. The van der Waals surface area contributed by atoms with Gasteiger partial charge in [-0.2, -0.15) is 0 Å². The molecule has 0 saturated carbocycles. The smallest absolute Gasteiger partial charge is 0.0781 e. The molecule has 0 spiro atoms. The molecule has 234 valence electrons. The van der Waals surface area contributed by atoms with Crippen LogP contribution in [-0.4, -0.2) is 0 Å². The number of fused-ring (bicyclic) bond motifs is 4. The second kappa shape index (κ2) is 11.5. The minimum absolute atomic E-state index is 0.205. The maximum Gasteiger partial charge on any atom is 0.0781 e. The van der Waals surface area contributed by atoms with Gasteiger partial charge in [0.15, 0.2) is 0 Å². The fourth-order valence-corrected chi connectivity index (χ4v) is 7.84. The predicted molar refractivity (Wildman–Crippen MR) is 208 cm³/mol. The van der Waals surface area contributed by atoms with E-state index in [0.29, 0.717) is 0 Å². The Bertz CT molecular complexity index is 2430. The molecule has 9 rings (SSSR count). The van der Waals surface area contributed by atoms with Crippen LogP contribution in [0.3, 0.4) is 0 Å². The summed E-state index contributed by atoms with van der Waals surface area (Å²) in [5.74, 6) is 0. The quantitative estimate of drug-likeness (QED) is 0.187. The van der Waals surface area contributed by atoms with E-state index in [4.69, 9.17) is 0 Å². The number of hydrogen-bond donors (Lipinski definition) is 0. The molecule has 0 N–H and O–H groups in total. The molecule has 49 heavy (non-hydrogen) atoms. The predicted octanol–water partition coefficient (Wildman–Crippen LogP) is 13.2. The molecule has 0 bridgehead atoms. The van der Waals surface area contributed by atoms with Crippen molar-refractivity contribution >= 4 is 55.7 Å². The van der Waals surface area contributed by atoms with E-state index in [-0.39, 0.29) is 5.41 Å². The van der Waals surface area contributed by atoms with Crippen LogP contribution in [0.5, 0.6) is 0 Å². The zero-order chi connectivity index (χ0) is 33.0. The third-order valence-corrected chi connectivity index (χ3v) is 10.2. The first-order valence-corrected chi connectivity index (χ1v) is 17.0. The molecule has 1 heterocycles. The van der Waals surface area contributed by atoms with E-state index in [1.807, 2.05) is 0 Å². The molecular weight excluding hydrogens is 593 g/mol. The molecule has 1 aliphatic heterocycles. The first kappa shape index (κ1) is 29.1. The summed E-state index contributed by atoms with van der Waals surface area (Å²) in [6.45, 7) is 4.73. The normalized spacial score (nSPS) is 13.2. The van der Waals surface area contributed by atoms with Gasteiger partial charge in [0, 0.05) is 22.2 Å². The van der Waals surface area contributed by atoms with Crippen molar-refractivity contribution in [3.63, 3.8) is 0 Å². The van der Waals surface area contributed by atoms with Crippen molar-refractivity contribution in [3.05, 3.63) is 193 Å². The molecule has 0 aromatic heterocycles. The van der Waals surface area contributed by atoms with Crippen LogP contribution in [0, 0.1) is 0 Å². The van der Waals surface area contributed by atoms with Gasteiger partial charge >= 0.3 is 0 Å². The highest BCUT2D eigenvalue weighted by atomic mass is 15.2. The molecule has 0 amide bonds. The number of anilines is 6. The molecule has 2 heteroatoms. The van der Waals surface area contributed by atoms with Gasteiger partial charge < -0.3 is 9.80 Å². The maximum atomic E-state index is 2.54. The van der Waals surface area contributed by atoms with Gasteiger partial charge in [-0.3, -0.25) is 0 Å². The second-order valence-corrected chi connectivity index (χ2v) is 13.4. The fourth-order valence-electron chi connectivity index (χ4n) is 7.84. The molecular formula is C47H36N2. The van der Waals surface area contributed by atoms with Crippen LogP contribution < -0.4 is 9.80 Å². The van der Waals surface area contributed by atoms with Crippen molar-refractivity contribution in [3.8, 4) is 11.1 Å². The van der Waals surface area contributed by atoms with Crippen molar-refractivity contribution in [2.45, 2.75) is 19.3 Å². The summed E-state index contributed by atoms with van der Waals surface area (Å²) in [5, 5.41) is 4.92. The topological polar surface area (TPSA) is 6.48 Å². The van der Waals surface area contributed by atoms with Crippen LogP contribution in [0.1, 0.15) is 25.0 Å². The lowest BCUT2D eigenvalue weighted by Crippen LogP contribution is -2.31. The molecule has 1 aliphatic rings. The SMILES string of the molecule is CC1(C)c2ccccc2N(c2c(N(c3ccccc3)c3ccccc3)ccc3ccccc23)c2cc(-c3cccc4ccccc34)ccc21. The molecule has 8 aromatic rings. The second-order valence-electron chi connectivity index (χ2n) is 13.4. The Balaban J connectivity index is 1.39. The van der Waals surface area contributed by atoms with E-state index < -0.39 is 0 Å². The Labute approximate surface area is 288 Å². The molecule has 8 aromatic carbocycles. The Morgan fingerprint density at radius 3 is 1.76 bits per heavy atom. The third-order valence-electron chi connectivity index (χ3n) is 10.2. The average molecular weight is 629 g/mol. The summed E-state index contributed by atoms with van der Waals surface area (Å²) in [4.78, 5) is 4.94. The van der Waals surface area contributed by atoms with E-state index in [0.717, 1.165) is 22.7 Å². The van der Waals surface area contributed by atoms with E-state index >= 15 is 0 Å². The lowest BCUT2D eigenvalue weighted by Gasteiger charge is -2.44. The lowest BCUT2D eigenvalue weighted by atomic mass is 9.73. The van der Waals surface area contributed by atoms with Gasteiger partial charge in [0.25, 0.3) is 0 Å².